The van der Waals surface area contributed by atoms with Crippen LogP contribution in [-0.2, 0) is 4.74 Å². The van der Waals surface area contributed by atoms with Gasteiger partial charge in [-0.25, -0.2) is 14.0 Å². The van der Waals surface area contributed by atoms with Crippen LogP contribution in [0.4, 0.5) is 14.9 Å². The first-order valence-electron chi connectivity index (χ1n) is 12.0. The third kappa shape index (κ3) is 3.63. The Morgan fingerprint density at radius 1 is 1.18 bits per heavy atom. The van der Waals surface area contributed by atoms with Gasteiger partial charge in [-0.2, -0.15) is 4.68 Å². The van der Waals surface area contributed by atoms with E-state index in [1.165, 1.54) is 6.07 Å². The first kappa shape index (κ1) is 22.7. The van der Waals surface area contributed by atoms with Crippen molar-refractivity contribution in [1.82, 2.24) is 14.1 Å². The maximum Gasteiger partial charge on any atom is 0.410 e. The van der Waals surface area contributed by atoms with Gasteiger partial charge in [-0.05, 0) is 65.4 Å². The minimum Gasteiger partial charge on any atom is -0.444 e. The highest BCUT2D eigenvalue weighted by molar-refractivity contribution is 5.87. The number of fused-ring (bicyclic) bond motifs is 2. The molecule has 1 aromatic heterocycles. The molecular weight excluding hydrogens is 441 g/mol. The first-order chi connectivity index (χ1) is 16.0. The predicted octanol–water partition coefficient (Wildman–Crippen LogP) is 2.50. The van der Waals surface area contributed by atoms with E-state index in [0.29, 0.717) is 41.1 Å². The fourth-order valence-electron chi connectivity index (χ4n) is 5.63. The van der Waals surface area contributed by atoms with Gasteiger partial charge in [-0.3, -0.25) is 9.36 Å². The van der Waals surface area contributed by atoms with E-state index in [9.17, 15) is 14.4 Å². The van der Waals surface area contributed by atoms with E-state index in [2.05, 4.69) is 0 Å². The molecule has 9 nitrogen and oxygen atoms in total. The monoisotopic (exact) mass is 473 g/mol. The highest BCUT2D eigenvalue weighted by Gasteiger charge is 2.43. The Labute approximate surface area is 196 Å². The molecule has 1 amide bonds. The second-order valence-electron chi connectivity index (χ2n) is 10.8. The Kier molecular flexibility index (Phi) is 5.18. The zero-order chi connectivity index (χ0) is 24.5. The lowest BCUT2D eigenvalue weighted by molar-refractivity contribution is 0.00670. The molecule has 10 heteroatoms. The number of halogens is 1. The van der Waals surface area contributed by atoms with E-state index >= 15 is 4.39 Å². The average Bonchev–Trinajstić information content (AvgIpc) is 3.49. The zero-order valence-electron chi connectivity index (χ0n) is 20.1. The maximum atomic E-state index is 15.5. The van der Waals surface area contributed by atoms with Gasteiger partial charge >= 0.3 is 11.8 Å². The molecule has 3 fully saturated rings. The Morgan fingerprint density at radius 2 is 1.88 bits per heavy atom. The molecule has 184 valence electrons. The van der Waals surface area contributed by atoms with E-state index in [1.54, 1.807) is 16.4 Å². The van der Waals surface area contributed by atoms with Crippen molar-refractivity contribution < 1.29 is 13.9 Å². The third-order valence-electron chi connectivity index (χ3n) is 7.20. The van der Waals surface area contributed by atoms with E-state index in [4.69, 9.17) is 10.6 Å². The highest BCUT2D eigenvalue weighted by atomic mass is 19.1. The third-order valence-corrected chi connectivity index (χ3v) is 7.20. The number of hydrogen-bond donors (Lipinski definition) is 1. The molecule has 2 N–H and O–H groups in total. The second kappa shape index (κ2) is 7.74. The largest absolute Gasteiger partial charge is 0.444 e. The molecule has 3 heterocycles. The van der Waals surface area contributed by atoms with E-state index in [1.807, 2.05) is 25.7 Å². The number of nitrogens with two attached hydrogens (primary N) is 1. The second-order valence-corrected chi connectivity index (χ2v) is 10.8. The Bertz CT molecular complexity index is 1290. The zero-order valence-corrected chi connectivity index (χ0v) is 20.1. The first-order valence-corrected chi connectivity index (χ1v) is 12.0. The van der Waals surface area contributed by atoms with Crippen molar-refractivity contribution in [3.63, 3.8) is 0 Å². The Morgan fingerprint density at radius 3 is 2.53 bits per heavy atom. The van der Waals surface area contributed by atoms with E-state index in [0.717, 1.165) is 25.7 Å². The summed E-state index contributed by atoms with van der Waals surface area (Å²) in [5.74, 6) is 5.40. The lowest BCUT2D eigenvalue weighted by Gasteiger charge is -2.37. The van der Waals surface area contributed by atoms with Gasteiger partial charge in [0.15, 0.2) is 0 Å². The highest BCUT2D eigenvalue weighted by Crippen LogP contribution is 2.41. The molecule has 2 unspecified atom stereocenters. The average molecular weight is 474 g/mol. The van der Waals surface area contributed by atoms with Crippen molar-refractivity contribution >= 4 is 22.7 Å². The van der Waals surface area contributed by atoms with Gasteiger partial charge in [0, 0.05) is 31.2 Å². The summed E-state index contributed by atoms with van der Waals surface area (Å²) < 4.78 is 23.3. The van der Waals surface area contributed by atoms with Gasteiger partial charge in [0.25, 0.3) is 5.56 Å². The molecule has 2 saturated heterocycles. The standard InChI is InChI=1S/C24H32FN5O4/c1-13-19-16(21(31)30(26)22(32)29(19)15-7-8-15)10-17(25)20(13)27-11-14-6-5-9-28(18(14)12-27)23(33)34-24(2,3)4/h10,14-15,18H,5-9,11-12,26H2,1-4H3. The lowest BCUT2D eigenvalue weighted by Crippen LogP contribution is -2.50. The van der Waals surface area contributed by atoms with Gasteiger partial charge in [0.05, 0.1) is 22.6 Å². The molecule has 34 heavy (non-hydrogen) atoms. The van der Waals surface area contributed by atoms with Crippen molar-refractivity contribution in [1.29, 1.82) is 0 Å². The van der Waals surface area contributed by atoms with Crippen LogP contribution < -0.4 is 22.0 Å². The Balaban J connectivity index is 1.56. The summed E-state index contributed by atoms with van der Waals surface area (Å²) >= 11 is 0. The van der Waals surface area contributed by atoms with Crippen LogP contribution in [-0.4, -0.2) is 51.5 Å². The van der Waals surface area contributed by atoms with Crippen molar-refractivity contribution in [2.24, 2.45) is 5.92 Å². The van der Waals surface area contributed by atoms with E-state index < -0.39 is 22.7 Å². The number of aromatic nitrogens is 2. The van der Waals surface area contributed by atoms with Crippen LogP contribution in [0, 0.1) is 18.7 Å². The number of nitrogens with zero attached hydrogens (tertiary/aromatic N) is 4. The molecule has 1 aliphatic carbocycles. The van der Waals surface area contributed by atoms with Crippen molar-refractivity contribution in [3.05, 3.63) is 38.3 Å². The minimum atomic E-state index is -0.698. The summed E-state index contributed by atoms with van der Waals surface area (Å²) in [6, 6.07) is 1.09. The fraction of sp³-hybridized carbons (Fsp3) is 0.625. The number of piperidine rings is 1. The summed E-state index contributed by atoms with van der Waals surface area (Å²) in [6.07, 6.45) is 3.10. The molecule has 1 aromatic carbocycles. The summed E-state index contributed by atoms with van der Waals surface area (Å²) in [4.78, 5) is 42.1. The fourth-order valence-corrected chi connectivity index (χ4v) is 5.63. The number of rotatable bonds is 2. The molecule has 0 bridgehead atoms. The lowest BCUT2D eigenvalue weighted by atomic mass is 9.92. The summed E-state index contributed by atoms with van der Waals surface area (Å²) in [5, 5.41) is 0.111. The molecule has 2 atom stereocenters. The van der Waals surface area contributed by atoms with Gasteiger partial charge in [-0.15, -0.1) is 0 Å². The van der Waals surface area contributed by atoms with Crippen LogP contribution in [0.2, 0.25) is 0 Å². The van der Waals surface area contributed by atoms with Crippen LogP contribution in [0.3, 0.4) is 0 Å². The summed E-state index contributed by atoms with van der Waals surface area (Å²) in [5.41, 5.74) is -0.475. The van der Waals surface area contributed by atoms with Crippen molar-refractivity contribution in [2.75, 3.05) is 30.4 Å². The number of carbonyl (C=O) groups is 1. The number of aryl methyl sites for hydroxylation is 1. The number of likely N-dealkylation sites (tertiary alicyclic amines) is 1. The SMILES string of the molecule is Cc1c(N2CC3CCCN(C(=O)OC(C)(C)C)C3C2)c(F)cc2c(=O)n(N)c(=O)n(C3CC3)c12. The normalized spacial score (nSPS) is 22.9. The molecule has 0 spiro atoms. The van der Waals surface area contributed by atoms with Crippen molar-refractivity contribution in [3.8, 4) is 0 Å². The molecule has 2 aromatic rings. The molecule has 3 aliphatic rings. The topological polar surface area (TPSA) is 103 Å². The van der Waals surface area contributed by atoms with Crippen molar-refractivity contribution in [2.45, 2.75) is 71.1 Å². The predicted molar refractivity (Wildman–Crippen MR) is 127 cm³/mol. The van der Waals surface area contributed by atoms with Gasteiger partial charge in [0.1, 0.15) is 11.4 Å². The minimum absolute atomic E-state index is 0.0359. The molecular formula is C24H32FN5O4. The van der Waals surface area contributed by atoms with Crippen LogP contribution in [0.5, 0.6) is 0 Å². The number of benzene rings is 1. The summed E-state index contributed by atoms with van der Waals surface area (Å²) in [7, 11) is 0. The Hall–Kier alpha value is -3.04. The maximum absolute atomic E-state index is 15.5. The van der Waals surface area contributed by atoms with Crippen LogP contribution in [0.1, 0.15) is 58.1 Å². The van der Waals surface area contributed by atoms with E-state index in [-0.39, 0.29) is 29.5 Å². The smallest absolute Gasteiger partial charge is 0.410 e. The van der Waals surface area contributed by atoms with Gasteiger partial charge < -0.3 is 20.4 Å². The van der Waals surface area contributed by atoms with Crippen LogP contribution in [0.15, 0.2) is 15.7 Å². The number of carbonyl (C=O) groups excluding carboxylic acids is 1. The number of amides is 1. The number of nitrogen functional groups attached to an aromatic ring is 1. The van der Waals surface area contributed by atoms with Gasteiger partial charge in [-0.1, -0.05) is 0 Å². The number of hydrogen-bond acceptors (Lipinski definition) is 6. The number of anilines is 1. The van der Waals surface area contributed by atoms with Crippen LogP contribution in [0.25, 0.3) is 10.9 Å². The molecule has 2 aliphatic heterocycles. The summed E-state index contributed by atoms with van der Waals surface area (Å²) in [6.45, 7) is 8.96. The van der Waals surface area contributed by atoms with Crippen LogP contribution >= 0.6 is 0 Å². The molecule has 0 radical (unpaired) electrons. The quantitative estimate of drug-likeness (QED) is 0.673. The molecule has 1 saturated carbocycles. The molecule has 5 rings (SSSR count). The number of ether oxygens (including phenoxy) is 1. The van der Waals surface area contributed by atoms with Gasteiger partial charge in [0.2, 0.25) is 0 Å².